The second-order valence-corrected chi connectivity index (χ2v) is 32.8. The van der Waals surface area contributed by atoms with Crippen LogP contribution in [-0.2, 0) is 0 Å². The predicted molar refractivity (Wildman–Crippen MR) is 530 cm³/mol. The van der Waals surface area contributed by atoms with Crippen LogP contribution in [0.5, 0.6) is 0 Å². The number of benzene rings is 19. The second kappa shape index (κ2) is 39.6. The minimum Gasteiger partial charge on any atom is -0.311 e. The van der Waals surface area contributed by atoms with Gasteiger partial charge in [0.25, 0.3) is 0 Å². The Morgan fingerprint density at radius 2 is 0.475 bits per heavy atom. The zero-order chi connectivity index (χ0) is 81.8. The molecule has 0 radical (unpaired) electrons. The van der Waals surface area contributed by atoms with Crippen molar-refractivity contribution >= 4 is 191 Å². The van der Waals surface area contributed by atoms with Gasteiger partial charge in [0.15, 0.2) is 0 Å². The second-order valence-electron chi connectivity index (χ2n) is 28.3. The van der Waals surface area contributed by atoms with Crippen LogP contribution < -0.4 is 19.6 Å². The number of hydrogen-bond donors (Lipinski definition) is 0. The van der Waals surface area contributed by atoms with Gasteiger partial charge in [-0.15, -0.1) is 0 Å². The molecule has 0 aliphatic rings. The van der Waals surface area contributed by atoms with E-state index in [2.05, 4.69) is 535 Å². The highest BCUT2D eigenvalue weighted by molar-refractivity contribution is 9.11. The van der Waals surface area contributed by atoms with E-state index in [0.29, 0.717) is 0 Å². The van der Waals surface area contributed by atoms with Crippen LogP contribution in [0.3, 0.4) is 0 Å². The maximum absolute atomic E-state index is 3.70. The van der Waals surface area contributed by atoms with Crippen LogP contribution in [0.1, 0.15) is 0 Å². The van der Waals surface area contributed by atoms with E-state index in [1.165, 1.54) is 77.0 Å². The Labute approximate surface area is 744 Å². The number of fused-ring (bicyclic) bond motifs is 5. The van der Waals surface area contributed by atoms with Crippen molar-refractivity contribution in [2.75, 3.05) is 19.6 Å². The Bertz CT molecular complexity index is 6470. The van der Waals surface area contributed by atoms with Gasteiger partial charge in [0, 0.05) is 107 Å². The lowest BCUT2D eigenvalue weighted by Crippen LogP contribution is -2.10. The summed E-state index contributed by atoms with van der Waals surface area (Å²) in [5.41, 5.74) is 22.3. The first kappa shape index (κ1) is 80.9. The van der Waals surface area contributed by atoms with E-state index in [-0.39, 0.29) is 0 Å². The number of hydrogen-bond acceptors (Lipinski definition) is 4. The Morgan fingerprint density at radius 1 is 0.167 bits per heavy atom. The van der Waals surface area contributed by atoms with Crippen molar-refractivity contribution in [2.45, 2.75) is 0 Å². The third-order valence-electron chi connectivity index (χ3n) is 20.5. The van der Waals surface area contributed by atoms with Gasteiger partial charge in [0.2, 0.25) is 0 Å². The van der Waals surface area contributed by atoms with Crippen LogP contribution in [0.15, 0.2) is 508 Å². The fourth-order valence-corrected chi connectivity index (χ4v) is 16.8. The van der Waals surface area contributed by atoms with Gasteiger partial charge in [0.05, 0.1) is 16.7 Å². The first-order valence-corrected chi connectivity index (χ1v) is 43.5. The lowest BCUT2D eigenvalue weighted by Gasteiger charge is -2.27. The molecule has 20 aromatic rings. The van der Waals surface area contributed by atoms with Crippen LogP contribution >= 0.6 is 79.6 Å². The van der Waals surface area contributed by atoms with Crippen LogP contribution in [0.2, 0.25) is 0 Å². The fourth-order valence-electron chi connectivity index (χ4n) is 14.9. The van der Waals surface area contributed by atoms with E-state index in [9.17, 15) is 0 Å². The van der Waals surface area contributed by atoms with Crippen molar-refractivity contribution in [1.82, 2.24) is 4.57 Å². The molecule has 0 fully saturated rings. The molecule has 0 atom stereocenters. The quantitative estimate of drug-likeness (QED) is 0.102. The van der Waals surface area contributed by atoms with E-state index in [1.807, 2.05) is 54.6 Å². The van der Waals surface area contributed by atoms with E-state index in [0.717, 1.165) is 84.9 Å². The molecule has 10 heteroatoms. The molecule has 580 valence electrons. The van der Waals surface area contributed by atoms with Gasteiger partial charge in [0.1, 0.15) is 0 Å². The molecule has 0 amide bonds. The Hall–Kier alpha value is -12.9. The number of aromatic nitrogens is 1. The van der Waals surface area contributed by atoms with Crippen LogP contribution in [0.25, 0.3) is 71.3 Å². The van der Waals surface area contributed by atoms with Crippen LogP contribution in [-0.4, -0.2) is 4.57 Å². The first-order valence-electron chi connectivity index (χ1n) is 39.6. The molecule has 0 unspecified atom stereocenters. The molecule has 0 aliphatic heterocycles. The molecule has 0 N–H and O–H groups in total. The summed E-state index contributed by atoms with van der Waals surface area (Å²) in [7, 11) is 0. The first-order chi connectivity index (χ1) is 59.1. The van der Waals surface area contributed by atoms with Crippen molar-refractivity contribution in [3.63, 3.8) is 0 Å². The maximum Gasteiger partial charge on any atom is 0.0541 e. The molecule has 0 saturated heterocycles. The average molecular weight is 1870 g/mol. The van der Waals surface area contributed by atoms with E-state index >= 15 is 0 Å². The summed E-state index contributed by atoms with van der Waals surface area (Å²) in [6.45, 7) is 0. The third-order valence-corrected chi connectivity index (χ3v) is 23.2. The van der Waals surface area contributed by atoms with Gasteiger partial charge >= 0.3 is 0 Å². The topological polar surface area (TPSA) is 17.9 Å². The highest BCUT2D eigenvalue weighted by Gasteiger charge is 2.20. The smallest absolute Gasteiger partial charge is 0.0541 e. The van der Waals surface area contributed by atoms with Gasteiger partial charge in [-0.3, -0.25) is 0 Å². The zero-order valence-electron chi connectivity index (χ0n) is 65.3. The van der Waals surface area contributed by atoms with Gasteiger partial charge in [-0.1, -0.05) is 353 Å². The summed E-state index contributed by atoms with van der Waals surface area (Å²) in [5, 5.41) is 7.49. The van der Waals surface area contributed by atoms with Crippen molar-refractivity contribution in [2.24, 2.45) is 0 Å². The summed E-state index contributed by atoms with van der Waals surface area (Å²) >= 11 is 17.9. The molecule has 120 heavy (non-hydrogen) atoms. The number of para-hydroxylation sites is 10. The molecule has 0 bridgehead atoms. The van der Waals surface area contributed by atoms with Gasteiger partial charge < -0.3 is 24.2 Å². The van der Waals surface area contributed by atoms with Crippen molar-refractivity contribution in [3.8, 4) is 27.9 Å². The van der Waals surface area contributed by atoms with Gasteiger partial charge in [-0.2, -0.15) is 0 Å². The zero-order valence-corrected chi connectivity index (χ0v) is 73.2. The summed E-state index contributed by atoms with van der Waals surface area (Å²) < 4.78 is 7.79. The molecule has 19 aromatic carbocycles. The normalized spacial score (nSPS) is 10.7. The van der Waals surface area contributed by atoms with Gasteiger partial charge in [-0.25, -0.2) is 0 Å². The third kappa shape index (κ3) is 19.6. The molecule has 0 saturated carbocycles. The Kier molecular flexibility index (Phi) is 26.7. The number of nitrogens with zero attached hydrogens (tertiary/aromatic N) is 5. The standard InChI is InChI=1S/2C24H18BrN.2C22H16BrN.C18H12BrN/c25-21-16-20(19-10-4-1-5-11-19)17-24(18-21)26(22-12-6-2-7-13-22)23-14-8-3-9-15-23;25-21-15-11-19(12-16-21)20-13-17-24(18-14-20)26(22-7-3-1-4-8-22)23-9-5-2-6-10-23;23-21-15-16-22(20-14-8-7-13-19(20)21)24(17-9-3-1-4-10-17)18-11-5-2-6-12-18;23-19-13-11-18-16-22(14-12-17(18)15-19)24(20-7-3-1-4-8-20)21-9-5-2-6-10-21;19-13-9-11-14(12-10-13)20-17-7-3-1-5-15(17)16-6-2-4-8-18(16)20/h2*1-18H;2*1-16H;1-12H. The molecule has 1 heterocycles. The monoisotopic (exact) mass is 1870 g/mol. The Balaban J connectivity index is 0.000000112. The lowest BCUT2D eigenvalue weighted by molar-refractivity contribution is 1.18. The lowest BCUT2D eigenvalue weighted by atomic mass is 10.0. The molecule has 0 spiro atoms. The molecule has 0 aliphatic carbocycles. The predicted octanol–water partition coefficient (Wildman–Crippen LogP) is 34.9. The Morgan fingerprint density at radius 3 is 0.917 bits per heavy atom. The largest absolute Gasteiger partial charge is 0.311 e. The molecular formula is C110H80Br5N5. The summed E-state index contributed by atoms with van der Waals surface area (Å²) in [5.74, 6) is 0. The van der Waals surface area contributed by atoms with E-state index < -0.39 is 0 Å². The molecule has 1 aromatic heterocycles. The molecule has 20 rings (SSSR count). The van der Waals surface area contributed by atoms with E-state index in [4.69, 9.17) is 0 Å². The van der Waals surface area contributed by atoms with Crippen LogP contribution in [0.4, 0.5) is 68.2 Å². The average Bonchev–Trinajstić information content (AvgIpc) is 1.59. The van der Waals surface area contributed by atoms with Crippen molar-refractivity contribution in [3.05, 3.63) is 508 Å². The van der Waals surface area contributed by atoms with Crippen molar-refractivity contribution < 1.29 is 0 Å². The highest BCUT2D eigenvalue weighted by atomic mass is 79.9. The summed E-state index contributed by atoms with van der Waals surface area (Å²) in [4.78, 5) is 9.12. The highest BCUT2D eigenvalue weighted by Crippen LogP contribution is 2.44. The summed E-state index contributed by atoms with van der Waals surface area (Å²) in [6.07, 6.45) is 0. The minimum atomic E-state index is 1.06. The SMILES string of the molecule is Brc1cc(-c2ccccc2)cc(N(c2ccccc2)c2ccccc2)c1.Brc1ccc(-c2ccc(N(c3ccccc3)c3ccccc3)cc2)cc1.Brc1ccc(-n2c3ccccc3c3ccccc32)cc1.Brc1ccc(N(c2ccccc2)c2ccccc2)c2ccccc12.Brc1ccc2cc(N(c3ccccc3)c3ccccc3)ccc2c1. The number of anilines is 12. The minimum absolute atomic E-state index is 1.06. The molecular weight excluding hydrogens is 1790 g/mol. The number of halogens is 5. The fraction of sp³-hybridized carbons (Fsp3) is 0. The van der Waals surface area contributed by atoms with Crippen LogP contribution in [0, 0.1) is 0 Å². The summed E-state index contributed by atoms with van der Waals surface area (Å²) in [6, 6.07) is 169. The molecule has 5 nitrogen and oxygen atoms in total. The van der Waals surface area contributed by atoms with Crippen molar-refractivity contribution in [1.29, 1.82) is 0 Å². The maximum atomic E-state index is 3.70. The van der Waals surface area contributed by atoms with E-state index in [1.54, 1.807) is 0 Å². The number of rotatable bonds is 15. The van der Waals surface area contributed by atoms with Gasteiger partial charge in [-0.05, 0) is 251 Å².